The number of nitrogens with one attached hydrogen (secondary N) is 4. The third kappa shape index (κ3) is 11.7. The molecule has 2 heterocycles. The van der Waals surface area contributed by atoms with Crippen LogP contribution in [0.15, 0.2) is 132 Å². The molecule has 1 fully saturated rings. The van der Waals surface area contributed by atoms with E-state index < -0.39 is 6.09 Å². The van der Waals surface area contributed by atoms with Crippen molar-refractivity contribution in [1.82, 2.24) is 15.2 Å². The number of benzene rings is 5. The van der Waals surface area contributed by atoms with Crippen molar-refractivity contribution in [2.45, 2.75) is 44.6 Å². The van der Waals surface area contributed by atoms with E-state index in [4.69, 9.17) is 4.74 Å². The van der Waals surface area contributed by atoms with Gasteiger partial charge in [0.15, 0.2) is 0 Å². The van der Waals surface area contributed by atoms with Gasteiger partial charge in [-0.05, 0) is 103 Å². The van der Waals surface area contributed by atoms with Gasteiger partial charge in [0.05, 0.1) is 17.6 Å². The SMILES string of the molecule is CN(C(=O)CCN1CCC(OC(=O)Nc2ccccc2-c2ccccc2)CC1)c1cccc(CC(=O)Nc2cccc(CCNCCc3ccc(O)c4[nH]c(=O)ccc34)c2)c1. The van der Waals surface area contributed by atoms with Crippen LogP contribution in [0.3, 0.4) is 0 Å². The number of hydrogen-bond donors (Lipinski definition) is 5. The highest BCUT2D eigenvalue weighted by atomic mass is 16.6. The molecular formula is C49H52N6O6. The summed E-state index contributed by atoms with van der Waals surface area (Å²) in [5, 5.41) is 20.4. The Balaban J connectivity index is 0.807. The van der Waals surface area contributed by atoms with Crippen molar-refractivity contribution in [2.75, 3.05) is 55.3 Å². The quantitative estimate of drug-likeness (QED) is 0.0628. The maximum absolute atomic E-state index is 13.3. The Morgan fingerprint density at radius 1 is 0.803 bits per heavy atom. The summed E-state index contributed by atoms with van der Waals surface area (Å²) < 4.78 is 5.79. The van der Waals surface area contributed by atoms with Gasteiger partial charge in [-0.25, -0.2) is 4.79 Å². The number of aromatic amines is 1. The highest BCUT2D eigenvalue weighted by molar-refractivity contribution is 5.95. The number of anilines is 3. The number of aromatic hydroxyl groups is 1. The number of para-hydroxylation sites is 1. The standard InChI is InChI=1S/C49H52N6O6/c1-54(47(59)25-30-55-28-23-40(24-29-55)61-49(60)52-43-16-6-5-15-41(43)36-11-3-2-4-12-36)39-14-8-10-35(32-39)33-46(58)51-38-13-7-9-34(31-38)21-26-50-27-22-37-17-19-44(56)48-42(37)18-20-45(57)53-48/h2-20,31-32,40,50,56H,21-30,33H2,1H3,(H,51,58)(H,52,60)(H,53,57). The van der Waals surface area contributed by atoms with Crippen molar-refractivity contribution in [3.8, 4) is 16.9 Å². The number of ether oxygens (including phenoxy) is 1. The molecule has 0 spiro atoms. The number of carbonyl (C=O) groups excluding carboxylic acids is 3. The summed E-state index contributed by atoms with van der Waals surface area (Å²) in [5.41, 5.74) is 7.21. The molecule has 5 N–H and O–H groups in total. The molecule has 6 aromatic rings. The minimum Gasteiger partial charge on any atom is -0.506 e. The van der Waals surface area contributed by atoms with E-state index in [0.29, 0.717) is 37.0 Å². The number of hydrogen-bond acceptors (Lipinski definition) is 8. The first-order valence-electron chi connectivity index (χ1n) is 20.8. The van der Waals surface area contributed by atoms with E-state index in [1.807, 2.05) is 109 Å². The van der Waals surface area contributed by atoms with E-state index >= 15 is 0 Å². The molecule has 0 atom stereocenters. The fraction of sp³-hybridized carbons (Fsp3) is 0.265. The molecule has 1 aliphatic rings. The smallest absolute Gasteiger partial charge is 0.411 e. The number of fused-ring (bicyclic) bond motifs is 1. The zero-order valence-corrected chi connectivity index (χ0v) is 34.4. The number of phenols is 1. The lowest BCUT2D eigenvalue weighted by molar-refractivity contribution is -0.118. The van der Waals surface area contributed by atoms with Crippen LogP contribution in [-0.2, 0) is 33.6 Å². The molecule has 1 saturated heterocycles. The van der Waals surface area contributed by atoms with Gasteiger partial charge in [-0.3, -0.25) is 19.7 Å². The van der Waals surface area contributed by atoms with Gasteiger partial charge in [-0.2, -0.15) is 0 Å². The minimum absolute atomic E-state index is 0.0193. The molecule has 3 amide bonds. The molecule has 0 bridgehead atoms. The van der Waals surface area contributed by atoms with E-state index in [1.165, 1.54) is 6.07 Å². The number of pyridine rings is 1. The Hall–Kier alpha value is -6.76. The van der Waals surface area contributed by atoms with Crippen molar-refractivity contribution < 1.29 is 24.2 Å². The summed E-state index contributed by atoms with van der Waals surface area (Å²) in [6.07, 6.45) is 2.72. The first kappa shape index (κ1) is 42.4. The topological polar surface area (TPSA) is 156 Å². The van der Waals surface area contributed by atoms with Crippen LogP contribution in [0.2, 0.25) is 0 Å². The number of carbonyl (C=O) groups is 3. The number of rotatable bonds is 16. The largest absolute Gasteiger partial charge is 0.506 e. The van der Waals surface area contributed by atoms with Gasteiger partial charge in [-0.1, -0.05) is 78.9 Å². The first-order chi connectivity index (χ1) is 29.7. The van der Waals surface area contributed by atoms with Gasteiger partial charge in [0.1, 0.15) is 11.9 Å². The van der Waals surface area contributed by atoms with Crippen LogP contribution in [0, 0.1) is 0 Å². The third-order valence-corrected chi connectivity index (χ3v) is 11.1. The molecule has 0 unspecified atom stereocenters. The minimum atomic E-state index is -0.469. The van der Waals surface area contributed by atoms with Crippen LogP contribution in [0.25, 0.3) is 22.0 Å². The highest BCUT2D eigenvalue weighted by Crippen LogP contribution is 2.28. The normalized spacial score (nSPS) is 13.1. The van der Waals surface area contributed by atoms with Gasteiger partial charge in [-0.15, -0.1) is 0 Å². The van der Waals surface area contributed by atoms with Gasteiger partial charge in [0.25, 0.3) is 0 Å². The summed E-state index contributed by atoms with van der Waals surface area (Å²) in [7, 11) is 1.76. The van der Waals surface area contributed by atoms with E-state index in [1.54, 1.807) is 24.1 Å². The second kappa shape index (κ2) is 20.5. The average molecular weight is 821 g/mol. The van der Waals surface area contributed by atoms with Crippen molar-refractivity contribution >= 4 is 45.9 Å². The number of phenolic OH excluding ortho intramolecular Hbond substituents is 1. The molecule has 0 radical (unpaired) electrons. The number of nitrogens with zero attached hydrogens (tertiary/aromatic N) is 2. The van der Waals surface area contributed by atoms with Crippen molar-refractivity contribution in [2.24, 2.45) is 0 Å². The monoisotopic (exact) mass is 820 g/mol. The zero-order valence-electron chi connectivity index (χ0n) is 34.4. The second-order valence-corrected chi connectivity index (χ2v) is 15.4. The van der Waals surface area contributed by atoms with Crippen LogP contribution >= 0.6 is 0 Å². The summed E-state index contributed by atoms with van der Waals surface area (Å²) in [4.78, 5) is 57.5. The van der Waals surface area contributed by atoms with E-state index in [0.717, 1.165) is 83.6 Å². The second-order valence-electron chi connectivity index (χ2n) is 15.4. The molecular weight excluding hydrogens is 769 g/mol. The van der Waals surface area contributed by atoms with Gasteiger partial charge in [0, 0.05) is 61.5 Å². The Bertz CT molecular complexity index is 2520. The summed E-state index contributed by atoms with van der Waals surface area (Å²) in [6.45, 7) is 3.52. The van der Waals surface area contributed by atoms with Gasteiger partial charge in [0.2, 0.25) is 17.4 Å². The predicted molar refractivity (Wildman–Crippen MR) is 241 cm³/mol. The van der Waals surface area contributed by atoms with Crippen LogP contribution in [0.1, 0.15) is 36.0 Å². The first-order valence-corrected chi connectivity index (χ1v) is 20.8. The molecule has 5 aromatic carbocycles. The van der Waals surface area contributed by atoms with Crippen molar-refractivity contribution in [3.05, 3.63) is 154 Å². The lowest BCUT2D eigenvalue weighted by Crippen LogP contribution is -2.40. The van der Waals surface area contributed by atoms with Gasteiger partial charge < -0.3 is 35.3 Å². The van der Waals surface area contributed by atoms with Crippen LogP contribution in [-0.4, -0.2) is 78.8 Å². The molecule has 12 heteroatoms. The Morgan fingerprint density at radius 2 is 1.56 bits per heavy atom. The predicted octanol–water partition coefficient (Wildman–Crippen LogP) is 7.52. The van der Waals surface area contributed by atoms with Crippen molar-refractivity contribution in [3.63, 3.8) is 0 Å². The molecule has 0 saturated carbocycles. The molecule has 1 aromatic heterocycles. The molecule has 0 aliphatic carbocycles. The zero-order chi connectivity index (χ0) is 42.6. The fourth-order valence-electron chi connectivity index (χ4n) is 7.73. The average Bonchev–Trinajstić information content (AvgIpc) is 3.27. The molecule has 1 aliphatic heterocycles. The van der Waals surface area contributed by atoms with Crippen LogP contribution in [0.5, 0.6) is 5.75 Å². The number of likely N-dealkylation sites (tertiary alicyclic amines) is 1. The summed E-state index contributed by atoms with van der Waals surface area (Å²) in [6, 6.07) is 39.6. The molecule has 7 rings (SSSR count). The molecule has 61 heavy (non-hydrogen) atoms. The Morgan fingerprint density at radius 3 is 2.39 bits per heavy atom. The lowest BCUT2D eigenvalue weighted by Gasteiger charge is -2.31. The Kier molecular flexibility index (Phi) is 14.2. The van der Waals surface area contributed by atoms with Gasteiger partial charge >= 0.3 is 6.09 Å². The van der Waals surface area contributed by atoms with Crippen LogP contribution in [0.4, 0.5) is 21.9 Å². The summed E-state index contributed by atoms with van der Waals surface area (Å²) >= 11 is 0. The number of aromatic nitrogens is 1. The highest BCUT2D eigenvalue weighted by Gasteiger charge is 2.24. The lowest BCUT2D eigenvalue weighted by atomic mass is 10.0. The fourth-order valence-corrected chi connectivity index (χ4v) is 7.73. The number of H-pyrrole nitrogens is 1. The Labute approximate surface area is 355 Å². The molecule has 12 nitrogen and oxygen atoms in total. The van der Waals surface area contributed by atoms with E-state index in [2.05, 4.69) is 25.8 Å². The number of piperidine rings is 1. The van der Waals surface area contributed by atoms with E-state index in [9.17, 15) is 24.3 Å². The van der Waals surface area contributed by atoms with Crippen LogP contribution < -0.4 is 26.4 Å². The van der Waals surface area contributed by atoms with Crippen molar-refractivity contribution in [1.29, 1.82) is 0 Å². The van der Waals surface area contributed by atoms with E-state index in [-0.39, 0.29) is 35.6 Å². The third-order valence-electron chi connectivity index (χ3n) is 11.1. The molecule has 314 valence electrons. The maximum Gasteiger partial charge on any atom is 0.411 e. The maximum atomic E-state index is 13.3. The number of amides is 3. The summed E-state index contributed by atoms with van der Waals surface area (Å²) in [5.74, 6) is -0.112.